The molecule has 5 unspecified atom stereocenters. The first-order chi connectivity index (χ1) is 9.40. The SMILES string of the molecule is CC(C)c1ccc(CC(O)C2C(C)OC(C)C2C)cc1. The van der Waals surface area contributed by atoms with Crippen LogP contribution < -0.4 is 0 Å². The predicted molar refractivity (Wildman–Crippen MR) is 82.9 cm³/mol. The minimum atomic E-state index is -0.324. The summed E-state index contributed by atoms with van der Waals surface area (Å²) in [6.45, 7) is 10.8. The van der Waals surface area contributed by atoms with Crippen molar-refractivity contribution in [3.63, 3.8) is 0 Å². The van der Waals surface area contributed by atoms with E-state index in [2.05, 4.69) is 58.9 Å². The fourth-order valence-electron chi connectivity index (χ4n) is 3.37. The van der Waals surface area contributed by atoms with Crippen molar-refractivity contribution < 1.29 is 9.84 Å². The summed E-state index contributed by atoms with van der Waals surface area (Å²) in [7, 11) is 0. The Labute approximate surface area is 123 Å². The van der Waals surface area contributed by atoms with Crippen LogP contribution in [0, 0.1) is 11.8 Å². The van der Waals surface area contributed by atoms with Gasteiger partial charge in [-0.25, -0.2) is 0 Å². The number of hydrogen-bond donors (Lipinski definition) is 1. The molecule has 0 radical (unpaired) electrons. The van der Waals surface area contributed by atoms with Crippen LogP contribution in [0.5, 0.6) is 0 Å². The summed E-state index contributed by atoms with van der Waals surface area (Å²) in [5.41, 5.74) is 2.56. The molecule has 20 heavy (non-hydrogen) atoms. The van der Waals surface area contributed by atoms with Crippen molar-refractivity contribution in [3.8, 4) is 0 Å². The molecule has 0 bridgehead atoms. The van der Waals surface area contributed by atoms with E-state index in [1.54, 1.807) is 0 Å². The van der Waals surface area contributed by atoms with Crippen LogP contribution in [0.4, 0.5) is 0 Å². The molecule has 1 fully saturated rings. The van der Waals surface area contributed by atoms with E-state index in [-0.39, 0.29) is 24.2 Å². The summed E-state index contributed by atoms with van der Waals surface area (Å²) < 4.78 is 5.84. The van der Waals surface area contributed by atoms with Crippen LogP contribution in [0.1, 0.15) is 51.7 Å². The Balaban J connectivity index is 2.02. The van der Waals surface area contributed by atoms with Gasteiger partial charge in [0.15, 0.2) is 0 Å². The lowest BCUT2D eigenvalue weighted by Gasteiger charge is -2.24. The maximum absolute atomic E-state index is 10.6. The van der Waals surface area contributed by atoms with Crippen LogP contribution in [0.3, 0.4) is 0 Å². The average Bonchev–Trinajstić information content (AvgIpc) is 2.63. The van der Waals surface area contributed by atoms with E-state index in [0.717, 1.165) is 0 Å². The Hall–Kier alpha value is -0.860. The fraction of sp³-hybridized carbons (Fsp3) is 0.667. The van der Waals surface area contributed by atoms with Gasteiger partial charge >= 0.3 is 0 Å². The van der Waals surface area contributed by atoms with Gasteiger partial charge in [0.2, 0.25) is 0 Å². The molecule has 1 aromatic rings. The van der Waals surface area contributed by atoms with Gasteiger partial charge in [-0.05, 0) is 43.2 Å². The third-order valence-corrected chi connectivity index (χ3v) is 4.85. The highest BCUT2D eigenvalue weighted by molar-refractivity contribution is 5.25. The summed E-state index contributed by atoms with van der Waals surface area (Å²) in [5.74, 6) is 1.20. The molecule has 0 aromatic heterocycles. The lowest BCUT2D eigenvalue weighted by Crippen LogP contribution is -2.32. The molecular weight excluding hydrogens is 248 g/mol. The number of benzene rings is 1. The zero-order chi connectivity index (χ0) is 14.9. The normalized spacial score (nSPS) is 31.8. The molecule has 1 saturated heterocycles. The van der Waals surface area contributed by atoms with Crippen LogP contribution in [0.25, 0.3) is 0 Å². The molecule has 2 nitrogen and oxygen atoms in total. The number of aliphatic hydroxyl groups is 1. The van der Waals surface area contributed by atoms with Crippen molar-refractivity contribution in [1.29, 1.82) is 0 Å². The Kier molecular flexibility index (Phi) is 4.87. The van der Waals surface area contributed by atoms with Gasteiger partial charge < -0.3 is 9.84 Å². The zero-order valence-corrected chi connectivity index (χ0v) is 13.3. The highest BCUT2D eigenvalue weighted by Gasteiger charge is 2.40. The molecule has 0 aliphatic carbocycles. The summed E-state index contributed by atoms with van der Waals surface area (Å²) in [5, 5.41) is 10.6. The minimum absolute atomic E-state index is 0.143. The molecule has 1 aromatic carbocycles. The molecule has 0 saturated carbocycles. The van der Waals surface area contributed by atoms with E-state index >= 15 is 0 Å². The molecule has 0 spiro atoms. The zero-order valence-electron chi connectivity index (χ0n) is 13.3. The Morgan fingerprint density at radius 2 is 1.65 bits per heavy atom. The van der Waals surface area contributed by atoms with Gasteiger partial charge in [0, 0.05) is 5.92 Å². The Bertz CT molecular complexity index is 424. The van der Waals surface area contributed by atoms with E-state index in [4.69, 9.17) is 4.74 Å². The van der Waals surface area contributed by atoms with Crippen molar-refractivity contribution in [1.82, 2.24) is 0 Å². The molecular formula is C18H28O2. The second-order valence-corrected chi connectivity index (χ2v) is 6.65. The molecule has 1 aliphatic rings. The highest BCUT2D eigenvalue weighted by Crippen LogP contribution is 2.35. The minimum Gasteiger partial charge on any atom is -0.392 e. The van der Waals surface area contributed by atoms with Gasteiger partial charge in [0.1, 0.15) is 0 Å². The van der Waals surface area contributed by atoms with Crippen molar-refractivity contribution in [3.05, 3.63) is 35.4 Å². The molecule has 112 valence electrons. The summed E-state index contributed by atoms with van der Waals surface area (Å²) in [6.07, 6.45) is 0.779. The van der Waals surface area contributed by atoms with E-state index in [1.165, 1.54) is 11.1 Å². The van der Waals surface area contributed by atoms with Crippen LogP contribution in [0.2, 0.25) is 0 Å². The van der Waals surface area contributed by atoms with Gasteiger partial charge in [0.05, 0.1) is 18.3 Å². The summed E-state index contributed by atoms with van der Waals surface area (Å²) in [6, 6.07) is 8.64. The molecule has 2 rings (SSSR count). The van der Waals surface area contributed by atoms with Crippen molar-refractivity contribution in [2.45, 2.75) is 65.3 Å². The first-order valence-corrected chi connectivity index (χ1v) is 7.82. The second-order valence-electron chi connectivity index (χ2n) is 6.65. The van der Waals surface area contributed by atoms with Gasteiger partial charge in [-0.2, -0.15) is 0 Å². The van der Waals surface area contributed by atoms with E-state index in [1.807, 2.05) is 0 Å². The number of aliphatic hydroxyl groups excluding tert-OH is 1. The third kappa shape index (κ3) is 3.24. The number of ether oxygens (including phenoxy) is 1. The van der Waals surface area contributed by atoms with Crippen LogP contribution in [0.15, 0.2) is 24.3 Å². The van der Waals surface area contributed by atoms with Gasteiger partial charge in [-0.3, -0.25) is 0 Å². The maximum Gasteiger partial charge on any atom is 0.0636 e. The molecule has 2 heteroatoms. The van der Waals surface area contributed by atoms with Crippen molar-refractivity contribution in [2.75, 3.05) is 0 Å². The standard InChI is InChI=1S/C18H28O2/c1-11(2)16-8-6-15(7-9-16)10-17(19)18-12(3)13(4)20-14(18)5/h6-9,11-14,17-19H,10H2,1-5H3. The van der Waals surface area contributed by atoms with E-state index < -0.39 is 0 Å². The molecule has 1 heterocycles. The maximum atomic E-state index is 10.6. The van der Waals surface area contributed by atoms with Crippen LogP contribution in [-0.4, -0.2) is 23.4 Å². The largest absolute Gasteiger partial charge is 0.392 e. The van der Waals surface area contributed by atoms with Crippen LogP contribution >= 0.6 is 0 Å². The molecule has 0 amide bonds. The smallest absolute Gasteiger partial charge is 0.0636 e. The lowest BCUT2D eigenvalue weighted by molar-refractivity contribution is 0.0240. The first-order valence-electron chi connectivity index (χ1n) is 7.82. The van der Waals surface area contributed by atoms with Crippen LogP contribution in [-0.2, 0) is 11.2 Å². The highest BCUT2D eigenvalue weighted by atomic mass is 16.5. The van der Waals surface area contributed by atoms with Gasteiger partial charge in [0.25, 0.3) is 0 Å². The fourth-order valence-corrected chi connectivity index (χ4v) is 3.37. The monoisotopic (exact) mass is 276 g/mol. The summed E-state index contributed by atoms with van der Waals surface area (Å²) in [4.78, 5) is 0. The topological polar surface area (TPSA) is 29.5 Å². The van der Waals surface area contributed by atoms with Crippen molar-refractivity contribution >= 4 is 0 Å². The molecule has 1 aliphatic heterocycles. The van der Waals surface area contributed by atoms with Gasteiger partial charge in [-0.15, -0.1) is 0 Å². The molecule has 5 atom stereocenters. The summed E-state index contributed by atoms with van der Waals surface area (Å²) >= 11 is 0. The first kappa shape index (κ1) is 15.5. The molecule has 1 N–H and O–H groups in total. The Morgan fingerprint density at radius 3 is 2.10 bits per heavy atom. The Morgan fingerprint density at radius 1 is 1.05 bits per heavy atom. The van der Waals surface area contributed by atoms with Crippen molar-refractivity contribution in [2.24, 2.45) is 11.8 Å². The number of rotatable bonds is 4. The van der Waals surface area contributed by atoms with E-state index in [9.17, 15) is 5.11 Å². The van der Waals surface area contributed by atoms with E-state index in [0.29, 0.717) is 18.3 Å². The third-order valence-electron chi connectivity index (χ3n) is 4.85. The van der Waals surface area contributed by atoms with Gasteiger partial charge in [-0.1, -0.05) is 45.0 Å². The second kappa shape index (κ2) is 6.28. The number of hydrogen-bond acceptors (Lipinski definition) is 2. The lowest BCUT2D eigenvalue weighted by atomic mass is 9.82. The predicted octanol–water partition coefficient (Wildman–Crippen LogP) is 3.77. The average molecular weight is 276 g/mol. The quantitative estimate of drug-likeness (QED) is 0.907.